The van der Waals surface area contributed by atoms with Crippen molar-refractivity contribution in [3.05, 3.63) is 35.4 Å². The summed E-state index contributed by atoms with van der Waals surface area (Å²) in [7, 11) is -1.65. The second kappa shape index (κ2) is 10.1. The van der Waals surface area contributed by atoms with Crippen LogP contribution in [0.15, 0.2) is 24.3 Å². The molecule has 0 saturated carbocycles. The van der Waals surface area contributed by atoms with Crippen LogP contribution in [0, 0.1) is 23.2 Å². The highest BCUT2D eigenvalue weighted by molar-refractivity contribution is 7.86. The first-order valence-electron chi connectivity index (χ1n) is 12.8. The fourth-order valence-corrected chi connectivity index (χ4v) is 7.73. The zero-order valence-electron chi connectivity index (χ0n) is 20.7. The maximum absolute atomic E-state index is 13.5. The van der Waals surface area contributed by atoms with Crippen LogP contribution in [-0.2, 0) is 26.3 Å². The average molecular weight is 515 g/mol. The van der Waals surface area contributed by atoms with Gasteiger partial charge in [-0.1, -0.05) is 24.3 Å². The number of nitrogens with one attached hydrogen (secondary N) is 1. The third-order valence-electron chi connectivity index (χ3n) is 7.94. The summed E-state index contributed by atoms with van der Waals surface area (Å²) in [5.41, 5.74) is 2.32. The summed E-state index contributed by atoms with van der Waals surface area (Å²) in [4.78, 5) is 30.8. The smallest absolute Gasteiger partial charge is 0.282 e. The Labute approximate surface area is 213 Å². The first kappa shape index (κ1) is 25.1. The summed E-state index contributed by atoms with van der Waals surface area (Å²) in [5.74, 6) is -0.995. The molecule has 0 aromatic heterocycles. The minimum atomic E-state index is -3.68. The lowest BCUT2D eigenvalue weighted by Crippen LogP contribution is -2.57. The molecule has 2 amide bonds. The van der Waals surface area contributed by atoms with Crippen molar-refractivity contribution >= 4 is 22.0 Å². The van der Waals surface area contributed by atoms with Crippen LogP contribution >= 0.6 is 0 Å². The average Bonchev–Trinajstić information content (AvgIpc) is 3.33. The Morgan fingerprint density at radius 2 is 1.78 bits per heavy atom. The van der Waals surface area contributed by atoms with E-state index in [1.165, 1.54) is 14.2 Å². The highest BCUT2D eigenvalue weighted by Crippen LogP contribution is 2.30. The number of likely N-dealkylation sites (N-methyl/N-ethyl adjacent to an activating group) is 1. The minimum absolute atomic E-state index is 0.126. The molecule has 10 nitrogen and oxygen atoms in total. The van der Waals surface area contributed by atoms with E-state index in [2.05, 4.69) is 28.4 Å². The summed E-state index contributed by atoms with van der Waals surface area (Å²) in [6.45, 7) is 2.98. The number of amides is 2. The molecular weight excluding hydrogens is 480 g/mol. The Bertz CT molecular complexity index is 1160. The van der Waals surface area contributed by atoms with Gasteiger partial charge in [-0.05, 0) is 43.9 Å². The van der Waals surface area contributed by atoms with E-state index in [4.69, 9.17) is 5.26 Å². The van der Waals surface area contributed by atoms with Crippen LogP contribution in [-0.4, -0.2) is 91.0 Å². The Balaban J connectivity index is 1.24. The number of hydrogen-bond acceptors (Lipinski definition) is 6. The first-order chi connectivity index (χ1) is 17.3. The van der Waals surface area contributed by atoms with Gasteiger partial charge in [0.15, 0.2) is 0 Å². The van der Waals surface area contributed by atoms with Crippen molar-refractivity contribution < 1.29 is 18.0 Å². The van der Waals surface area contributed by atoms with Crippen molar-refractivity contribution in [2.75, 3.05) is 46.3 Å². The van der Waals surface area contributed by atoms with Crippen LogP contribution in [0.2, 0.25) is 0 Å². The van der Waals surface area contributed by atoms with E-state index in [-0.39, 0.29) is 43.4 Å². The second-order valence-corrected chi connectivity index (χ2v) is 12.4. The molecule has 4 aliphatic heterocycles. The van der Waals surface area contributed by atoms with E-state index in [9.17, 15) is 18.0 Å². The molecule has 3 fully saturated rings. The van der Waals surface area contributed by atoms with Gasteiger partial charge in [-0.2, -0.15) is 22.3 Å². The molecule has 3 atom stereocenters. The van der Waals surface area contributed by atoms with Gasteiger partial charge in [0.2, 0.25) is 11.8 Å². The zero-order chi connectivity index (χ0) is 25.4. The molecule has 3 saturated heterocycles. The quantitative estimate of drug-likeness (QED) is 0.618. The molecule has 1 aromatic carbocycles. The molecule has 194 valence electrons. The first-order valence-corrected chi connectivity index (χ1v) is 14.2. The van der Waals surface area contributed by atoms with Gasteiger partial charge in [0.05, 0.1) is 23.9 Å². The molecule has 0 spiro atoms. The molecular formula is C25H34N6O4S. The molecule has 4 aliphatic rings. The Kier molecular flexibility index (Phi) is 7.05. The summed E-state index contributed by atoms with van der Waals surface area (Å²) in [6.07, 6.45) is 2.57. The zero-order valence-corrected chi connectivity index (χ0v) is 21.5. The Morgan fingerprint density at radius 3 is 2.56 bits per heavy atom. The van der Waals surface area contributed by atoms with Gasteiger partial charge < -0.3 is 10.2 Å². The van der Waals surface area contributed by atoms with Gasteiger partial charge in [-0.25, -0.2) is 0 Å². The van der Waals surface area contributed by atoms with Gasteiger partial charge in [-0.3, -0.25) is 14.5 Å². The van der Waals surface area contributed by atoms with Crippen molar-refractivity contribution in [2.45, 2.75) is 44.3 Å². The van der Waals surface area contributed by atoms with Gasteiger partial charge >= 0.3 is 0 Å². The number of nitriles is 1. The number of carbonyl (C=O) groups is 2. The van der Waals surface area contributed by atoms with Crippen molar-refractivity contribution in [1.82, 2.24) is 23.7 Å². The summed E-state index contributed by atoms with van der Waals surface area (Å²) >= 11 is 0. The van der Waals surface area contributed by atoms with Crippen LogP contribution in [0.25, 0.3) is 0 Å². The number of carbonyl (C=O) groups excluding carboxylic acids is 2. The van der Waals surface area contributed by atoms with Gasteiger partial charge in [0.25, 0.3) is 10.2 Å². The molecule has 0 radical (unpaired) electrons. The molecule has 5 rings (SSSR count). The van der Waals surface area contributed by atoms with E-state index in [1.54, 1.807) is 4.90 Å². The number of nitrogens with zero attached hydrogens (tertiary/aromatic N) is 5. The van der Waals surface area contributed by atoms with Crippen molar-refractivity contribution in [1.29, 1.82) is 5.26 Å². The lowest BCUT2D eigenvalue weighted by Gasteiger charge is -2.41. The number of fused-ring (bicyclic) bond motifs is 1. The number of benzene rings is 1. The molecule has 1 aromatic rings. The summed E-state index contributed by atoms with van der Waals surface area (Å²) in [6, 6.07) is 9.56. The van der Waals surface area contributed by atoms with Crippen molar-refractivity contribution in [3.63, 3.8) is 0 Å². The maximum Gasteiger partial charge on any atom is 0.282 e. The fraction of sp³-hybridized carbons (Fsp3) is 0.640. The molecule has 4 heterocycles. The van der Waals surface area contributed by atoms with Crippen LogP contribution in [0.5, 0.6) is 0 Å². The third kappa shape index (κ3) is 4.75. The van der Waals surface area contributed by atoms with E-state index in [0.717, 1.165) is 18.5 Å². The normalized spacial score (nSPS) is 28.2. The predicted molar refractivity (Wildman–Crippen MR) is 132 cm³/mol. The van der Waals surface area contributed by atoms with Crippen LogP contribution in [0.3, 0.4) is 0 Å². The standard InChI is InChI=1S/C25H34N6O4S/c1-28-15-19-6-2-3-8-21(19)22(17-28)27-24(32)23-9-5-11-31(23)25(33)20-7-4-10-29(16-20)36(34,35)30-13-18(12-26)14-30/h2-3,6,8,18,20,22-23H,4-5,7,9-11,13-17H2,1H3,(H,27,32)/t20-,22+,23+/m0/s1. The monoisotopic (exact) mass is 514 g/mol. The number of rotatable bonds is 5. The van der Waals surface area contributed by atoms with Gasteiger partial charge in [0, 0.05) is 45.8 Å². The highest BCUT2D eigenvalue weighted by Gasteiger charge is 2.44. The summed E-state index contributed by atoms with van der Waals surface area (Å²) < 4.78 is 28.7. The Hall–Kier alpha value is -2.52. The van der Waals surface area contributed by atoms with Gasteiger partial charge in [-0.15, -0.1) is 0 Å². The van der Waals surface area contributed by atoms with Crippen molar-refractivity contribution in [2.24, 2.45) is 11.8 Å². The predicted octanol–water partition coefficient (Wildman–Crippen LogP) is 0.692. The SMILES string of the molecule is CN1Cc2ccccc2[C@H](NC(=O)[C@H]2CCCN2C(=O)[C@H]2CCCN(S(=O)(=O)N3CC(C#N)C3)C2)C1. The Morgan fingerprint density at radius 1 is 1.03 bits per heavy atom. The molecule has 0 unspecified atom stereocenters. The number of hydrogen-bond donors (Lipinski definition) is 1. The van der Waals surface area contributed by atoms with E-state index in [1.807, 2.05) is 19.2 Å². The van der Waals surface area contributed by atoms with Crippen LogP contribution < -0.4 is 5.32 Å². The molecule has 1 N–H and O–H groups in total. The largest absolute Gasteiger partial charge is 0.346 e. The third-order valence-corrected chi connectivity index (χ3v) is 9.87. The fourth-order valence-electron chi connectivity index (χ4n) is 5.94. The molecule has 11 heteroatoms. The maximum atomic E-state index is 13.5. The molecule has 0 bridgehead atoms. The van der Waals surface area contributed by atoms with E-state index in [0.29, 0.717) is 38.9 Å². The van der Waals surface area contributed by atoms with Gasteiger partial charge in [0.1, 0.15) is 6.04 Å². The van der Waals surface area contributed by atoms with E-state index >= 15 is 0 Å². The molecule has 0 aliphatic carbocycles. The minimum Gasteiger partial charge on any atom is -0.346 e. The topological polar surface area (TPSA) is 117 Å². The molecule has 36 heavy (non-hydrogen) atoms. The highest BCUT2D eigenvalue weighted by atomic mass is 32.2. The van der Waals surface area contributed by atoms with E-state index < -0.39 is 22.2 Å². The summed E-state index contributed by atoms with van der Waals surface area (Å²) in [5, 5.41) is 12.2. The second-order valence-electron chi connectivity index (χ2n) is 10.5. The van der Waals surface area contributed by atoms with Crippen LogP contribution in [0.1, 0.15) is 42.9 Å². The lowest BCUT2D eigenvalue weighted by atomic mass is 9.95. The lowest BCUT2D eigenvalue weighted by molar-refractivity contribution is -0.142. The number of likely N-dealkylation sites (tertiary alicyclic amines) is 1. The van der Waals surface area contributed by atoms with Crippen molar-refractivity contribution in [3.8, 4) is 6.07 Å². The number of piperidine rings is 1. The van der Waals surface area contributed by atoms with Crippen LogP contribution in [0.4, 0.5) is 0 Å².